The van der Waals surface area contributed by atoms with Crippen molar-refractivity contribution in [1.29, 1.82) is 0 Å². The number of amides is 2. The molecule has 142 valence electrons. The third-order valence-electron chi connectivity index (χ3n) is 4.18. The second-order valence-corrected chi connectivity index (χ2v) is 6.36. The Labute approximate surface area is 162 Å². The summed E-state index contributed by atoms with van der Waals surface area (Å²) in [5, 5.41) is 2.72. The fourth-order valence-corrected chi connectivity index (χ4v) is 2.68. The number of hydrogen-bond acceptors (Lipinski definition) is 3. The number of rotatable bonds is 6. The third kappa shape index (κ3) is 5.01. The Morgan fingerprint density at radius 1 is 0.893 bits per heavy atom. The summed E-state index contributed by atoms with van der Waals surface area (Å²) in [6.45, 7) is 0.690. The summed E-state index contributed by atoms with van der Waals surface area (Å²) in [6, 6.07) is 20.3. The van der Waals surface area contributed by atoms with Crippen LogP contribution in [0.25, 0.3) is 0 Å². The number of benzene rings is 2. The van der Waals surface area contributed by atoms with Crippen molar-refractivity contribution in [2.75, 3.05) is 7.05 Å². The summed E-state index contributed by atoms with van der Waals surface area (Å²) < 4.78 is 12.9. The standard InChI is InChI=1S/C22H20FN3O2/c1-26(15-17-6-3-2-4-7-17)22(28)20-9-5-8-19(25-20)21(27)24-14-16-10-12-18(23)13-11-16/h2-13H,14-15H2,1H3,(H,24,27). The highest BCUT2D eigenvalue weighted by Gasteiger charge is 2.16. The van der Waals surface area contributed by atoms with Gasteiger partial charge in [0.2, 0.25) is 0 Å². The van der Waals surface area contributed by atoms with Gasteiger partial charge in [-0.3, -0.25) is 9.59 Å². The molecule has 0 aliphatic rings. The molecule has 3 rings (SSSR count). The molecular formula is C22H20FN3O2. The van der Waals surface area contributed by atoms with Crippen molar-refractivity contribution < 1.29 is 14.0 Å². The summed E-state index contributed by atoms with van der Waals surface area (Å²) in [7, 11) is 1.69. The van der Waals surface area contributed by atoms with Crippen molar-refractivity contribution in [3.05, 3.63) is 101 Å². The Morgan fingerprint density at radius 3 is 2.29 bits per heavy atom. The molecule has 2 amide bonds. The number of nitrogens with zero attached hydrogens (tertiary/aromatic N) is 2. The molecule has 0 bridgehead atoms. The molecule has 0 aliphatic heterocycles. The molecule has 0 saturated carbocycles. The molecule has 28 heavy (non-hydrogen) atoms. The SMILES string of the molecule is CN(Cc1ccccc1)C(=O)c1cccc(C(=O)NCc2ccc(F)cc2)n1. The number of carbonyl (C=O) groups is 2. The van der Waals surface area contributed by atoms with E-state index in [1.165, 1.54) is 12.1 Å². The Kier molecular flexibility index (Phi) is 6.11. The van der Waals surface area contributed by atoms with Crippen molar-refractivity contribution in [2.45, 2.75) is 13.1 Å². The van der Waals surface area contributed by atoms with Crippen molar-refractivity contribution in [3.63, 3.8) is 0 Å². The van der Waals surface area contributed by atoms with Gasteiger partial charge in [0.05, 0.1) is 0 Å². The lowest BCUT2D eigenvalue weighted by atomic mass is 10.2. The van der Waals surface area contributed by atoms with Crippen LogP contribution in [0.3, 0.4) is 0 Å². The number of halogens is 1. The normalized spacial score (nSPS) is 10.4. The van der Waals surface area contributed by atoms with Crippen LogP contribution in [0.5, 0.6) is 0 Å². The first kappa shape index (κ1) is 19.2. The average molecular weight is 377 g/mol. The van der Waals surface area contributed by atoms with Crippen LogP contribution in [0, 0.1) is 5.82 Å². The van der Waals surface area contributed by atoms with E-state index in [4.69, 9.17) is 0 Å². The van der Waals surface area contributed by atoms with Crippen LogP contribution < -0.4 is 5.32 Å². The molecule has 0 radical (unpaired) electrons. The summed E-state index contributed by atoms with van der Waals surface area (Å²) in [4.78, 5) is 30.7. The fraction of sp³-hybridized carbons (Fsp3) is 0.136. The van der Waals surface area contributed by atoms with Gasteiger partial charge in [-0.15, -0.1) is 0 Å². The molecule has 2 aromatic carbocycles. The number of aromatic nitrogens is 1. The Bertz CT molecular complexity index is 959. The highest BCUT2D eigenvalue weighted by molar-refractivity contribution is 5.96. The first-order valence-corrected chi connectivity index (χ1v) is 8.82. The molecule has 0 unspecified atom stereocenters. The molecular weight excluding hydrogens is 357 g/mol. The van der Waals surface area contributed by atoms with Crippen molar-refractivity contribution in [2.24, 2.45) is 0 Å². The summed E-state index contributed by atoms with van der Waals surface area (Å²) in [5.74, 6) is -0.996. The van der Waals surface area contributed by atoms with E-state index in [0.717, 1.165) is 11.1 Å². The molecule has 1 heterocycles. The molecule has 0 spiro atoms. The molecule has 6 heteroatoms. The minimum Gasteiger partial charge on any atom is -0.347 e. The van der Waals surface area contributed by atoms with E-state index < -0.39 is 5.91 Å². The van der Waals surface area contributed by atoms with Crippen LogP contribution in [0.15, 0.2) is 72.8 Å². The van der Waals surface area contributed by atoms with Crippen LogP contribution in [0.4, 0.5) is 4.39 Å². The maximum Gasteiger partial charge on any atom is 0.272 e. The first-order chi connectivity index (χ1) is 13.5. The van der Waals surface area contributed by atoms with E-state index in [1.807, 2.05) is 30.3 Å². The van der Waals surface area contributed by atoms with Gasteiger partial charge in [-0.25, -0.2) is 9.37 Å². The Hall–Kier alpha value is -3.54. The third-order valence-corrected chi connectivity index (χ3v) is 4.18. The molecule has 0 aliphatic carbocycles. The Balaban J connectivity index is 1.64. The smallest absolute Gasteiger partial charge is 0.272 e. The van der Waals surface area contributed by atoms with Gasteiger partial charge in [0.15, 0.2) is 0 Å². The summed E-state index contributed by atoms with van der Waals surface area (Å²) >= 11 is 0. The van der Waals surface area contributed by atoms with Gasteiger partial charge in [-0.2, -0.15) is 0 Å². The van der Waals surface area contributed by atoms with Gasteiger partial charge in [-0.05, 0) is 35.4 Å². The predicted octanol–water partition coefficient (Wildman–Crippen LogP) is 3.42. The van der Waals surface area contributed by atoms with Crippen LogP contribution in [-0.4, -0.2) is 28.7 Å². The highest BCUT2D eigenvalue weighted by atomic mass is 19.1. The fourth-order valence-electron chi connectivity index (χ4n) is 2.68. The van der Waals surface area contributed by atoms with Crippen molar-refractivity contribution >= 4 is 11.8 Å². The summed E-state index contributed by atoms with van der Waals surface area (Å²) in [5.41, 5.74) is 2.13. The quantitative estimate of drug-likeness (QED) is 0.716. The number of carbonyl (C=O) groups excluding carboxylic acids is 2. The molecule has 1 N–H and O–H groups in total. The Morgan fingerprint density at radius 2 is 1.57 bits per heavy atom. The molecule has 0 fully saturated rings. The van der Waals surface area contributed by atoms with E-state index in [2.05, 4.69) is 10.3 Å². The summed E-state index contributed by atoms with van der Waals surface area (Å²) in [6.07, 6.45) is 0. The lowest BCUT2D eigenvalue weighted by molar-refractivity contribution is 0.0779. The number of hydrogen-bond donors (Lipinski definition) is 1. The van der Waals surface area contributed by atoms with Gasteiger partial charge in [0.25, 0.3) is 11.8 Å². The molecule has 1 aromatic heterocycles. The van der Waals surface area contributed by atoms with Gasteiger partial charge in [0, 0.05) is 20.1 Å². The first-order valence-electron chi connectivity index (χ1n) is 8.82. The molecule has 0 saturated heterocycles. The zero-order chi connectivity index (χ0) is 19.9. The second kappa shape index (κ2) is 8.90. The second-order valence-electron chi connectivity index (χ2n) is 6.36. The van der Waals surface area contributed by atoms with Gasteiger partial charge >= 0.3 is 0 Å². The zero-order valence-electron chi connectivity index (χ0n) is 15.4. The van der Waals surface area contributed by atoms with Gasteiger partial charge < -0.3 is 10.2 Å². The average Bonchev–Trinajstić information content (AvgIpc) is 2.73. The molecule has 0 atom stereocenters. The van der Waals surface area contributed by atoms with E-state index in [0.29, 0.717) is 6.54 Å². The van der Waals surface area contributed by atoms with Crippen LogP contribution in [0.2, 0.25) is 0 Å². The van der Waals surface area contributed by atoms with Crippen molar-refractivity contribution in [3.8, 4) is 0 Å². The number of nitrogens with one attached hydrogen (secondary N) is 1. The van der Waals surface area contributed by atoms with Gasteiger partial charge in [-0.1, -0.05) is 48.5 Å². The predicted molar refractivity (Wildman–Crippen MR) is 104 cm³/mol. The maximum atomic E-state index is 12.9. The number of pyridine rings is 1. The molecule has 3 aromatic rings. The van der Waals surface area contributed by atoms with Crippen LogP contribution in [0.1, 0.15) is 32.1 Å². The largest absolute Gasteiger partial charge is 0.347 e. The zero-order valence-corrected chi connectivity index (χ0v) is 15.4. The minimum atomic E-state index is -0.398. The highest BCUT2D eigenvalue weighted by Crippen LogP contribution is 2.08. The topological polar surface area (TPSA) is 62.3 Å². The van der Waals surface area contributed by atoms with E-state index in [-0.39, 0.29) is 29.7 Å². The van der Waals surface area contributed by atoms with E-state index >= 15 is 0 Å². The van der Waals surface area contributed by atoms with Crippen LogP contribution in [-0.2, 0) is 13.1 Å². The minimum absolute atomic E-state index is 0.154. The molecule has 5 nitrogen and oxygen atoms in total. The lowest BCUT2D eigenvalue weighted by Gasteiger charge is -2.17. The lowest BCUT2D eigenvalue weighted by Crippen LogP contribution is -2.29. The van der Waals surface area contributed by atoms with Crippen molar-refractivity contribution in [1.82, 2.24) is 15.2 Å². The van der Waals surface area contributed by atoms with Gasteiger partial charge in [0.1, 0.15) is 17.2 Å². The van der Waals surface area contributed by atoms with E-state index in [9.17, 15) is 14.0 Å². The maximum absolute atomic E-state index is 12.9. The monoisotopic (exact) mass is 377 g/mol. The van der Waals surface area contributed by atoms with Crippen LogP contribution >= 0.6 is 0 Å². The van der Waals surface area contributed by atoms with E-state index in [1.54, 1.807) is 42.3 Å².